The molecule has 1 amide bonds. The normalized spacial score (nSPS) is 18.8. The molecule has 20 heavy (non-hydrogen) atoms. The summed E-state index contributed by atoms with van der Waals surface area (Å²) >= 11 is 0. The summed E-state index contributed by atoms with van der Waals surface area (Å²) in [6, 6.07) is 3.84. The molecular formula is C16H23NO3. The van der Waals surface area contributed by atoms with Crippen LogP contribution in [-0.2, 0) is 6.42 Å². The number of benzene rings is 1. The zero-order valence-corrected chi connectivity index (χ0v) is 12.4. The van der Waals surface area contributed by atoms with Gasteiger partial charge in [0.1, 0.15) is 5.75 Å². The minimum atomic E-state index is -0.854. The molecule has 0 radical (unpaired) electrons. The van der Waals surface area contributed by atoms with Crippen molar-refractivity contribution < 1.29 is 15.0 Å². The summed E-state index contributed by atoms with van der Waals surface area (Å²) in [4.78, 5) is 12.8. The average molecular weight is 277 g/mol. The Kier molecular flexibility index (Phi) is 4.21. The van der Waals surface area contributed by atoms with Gasteiger partial charge < -0.3 is 15.1 Å². The minimum Gasteiger partial charge on any atom is -0.508 e. The molecule has 0 bridgehead atoms. The molecule has 0 saturated heterocycles. The van der Waals surface area contributed by atoms with Crippen LogP contribution in [0.1, 0.15) is 42.9 Å². The fraction of sp³-hybridized carbons (Fsp3) is 0.562. The van der Waals surface area contributed by atoms with Gasteiger partial charge >= 0.3 is 6.09 Å². The van der Waals surface area contributed by atoms with Crippen molar-refractivity contribution in [3.63, 3.8) is 0 Å². The summed E-state index contributed by atoms with van der Waals surface area (Å²) in [7, 11) is 0. The van der Waals surface area contributed by atoms with Crippen LogP contribution in [0.2, 0.25) is 0 Å². The zero-order chi connectivity index (χ0) is 14.9. The first-order valence-electron chi connectivity index (χ1n) is 7.18. The van der Waals surface area contributed by atoms with Gasteiger partial charge in [0.15, 0.2) is 0 Å². The molecule has 0 aliphatic carbocycles. The molecule has 1 aromatic rings. The maximum Gasteiger partial charge on any atom is 0.407 e. The summed E-state index contributed by atoms with van der Waals surface area (Å²) in [6.45, 7) is 7.25. The number of aryl methyl sites for hydroxylation is 1. The molecule has 0 fully saturated rings. The summed E-state index contributed by atoms with van der Waals surface area (Å²) < 4.78 is 0. The fourth-order valence-electron chi connectivity index (χ4n) is 3.01. The van der Waals surface area contributed by atoms with E-state index in [0.717, 1.165) is 17.5 Å². The van der Waals surface area contributed by atoms with E-state index in [1.807, 2.05) is 19.1 Å². The molecule has 1 unspecified atom stereocenters. The number of phenols is 1. The van der Waals surface area contributed by atoms with Crippen LogP contribution in [0.15, 0.2) is 12.1 Å². The first-order chi connectivity index (χ1) is 9.38. The zero-order valence-electron chi connectivity index (χ0n) is 12.4. The molecule has 0 saturated carbocycles. The third kappa shape index (κ3) is 3.06. The molecule has 0 spiro atoms. The van der Waals surface area contributed by atoms with Crippen molar-refractivity contribution in [3.8, 4) is 5.75 Å². The Morgan fingerprint density at radius 1 is 1.45 bits per heavy atom. The smallest absolute Gasteiger partial charge is 0.407 e. The van der Waals surface area contributed by atoms with Gasteiger partial charge in [-0.05, 0) is 48.4 Å². The SMILES string of the molecule is Cc1cc2c(cc1O)CCN(C(=O)O)CC2CC(C)C. The summed E-state index contributed by atoms with van der Waals surface area (Å²) in [5.74, 6) is 1.02. The largest absolute Gasteiger partial charge is 0.508 e. The second-order valence-corrected chi connectivity index (χ2v) is 6.14. The second-order valence-electron chi connectivity index (χ2n) is 6.14. The molecule has 1 aromatic carbocycles. The quantitative estimate of drug-likeness (QED) is 0.871. The molecule has 110 valence electrons. The molecule has 4 nitrogen and oxygen atoms in total. The lowest BCUT2D eigenvalue weighted by molar-refractivity contribution is 0.142. The van der Waals surface area contributed by atoms with Gasteiger partial charge in [-0.25, -0.2) is 4.79 Å². The molecule has 1 aliphatic rings. The Labute approximate surface area is 120 Å². The van der Waals surface area contributed by atoms with Crippen LogP contribution in [0, 0.1) is 12.8 Å². The molecule has 1 aliphatic heterocycles. The van der Waals surface area contributed by atoms with E-state index in [2.05, 4.69) is 13.8 Å². The summed E-state index contributed by atoms with van der Waals surface area (Å²) in [6.07, 6.45) is 0.776. The van der Waals surface area contributed by atoms with Crippen LogP contribution < -0.4 is 0 Å². The van der Waals surface area contributed by atoms with Crippen LogP contribution in [-0.4, -0.2) is 34.3 Å². The lowest BCUT2D eigenvalue weighted by Crippen LogP contribution is -2.33. The maximum atomic E-state index is 11.3. The van der Waals surface area contributed by atoms with Crippen molar-refractivity contribution in [2.75, 3.05) is 13.1 Å². The number of carbonyl (C=O) groups is 1. The summed E-state index contributed by atoms with van der Waals surface area (Å²) in [5, 5.41) is 19.2. The van der Waals surface area contributed by atoms with Gasteiger partial charge in [-0.3, -0.25) is 0 Å². The third-order valence-corrected chi connectivity index (χ3v) is 4.02. The number of hydrogen-bond donors (Lipinski definition) is 2. The van der Waals surface area contributed by atoms with E-state index in [0.29, 0.717) is 31.2 Å². The Hall–Kier alpha value is -1.71. The van der Waals surface area contributed by atoms with Crippen molar-refractivity contribution in [3.05, 3.63) is 28.8 Å². The Morgan fingerprint density at radius 2 is 2.15 bits per heavy atom. The van der Waals surface area contributed by atoms with Crippen LogP contribution in [0.25, 0.3) is 0 Å². The highest BCUT2D eigenvalue weighted by atomic mass is 16.4. The lowest BCUT2D eigenvalue weighted by atomic mass is 9.86. The van der Waals surface area contributed by atoms with E-state index in [1.165, 1.54) is 10.5 Å². The van der Waals surface area contributed by atoms with Gasteiger partial charge in [0, 0.05) is 19.0 Å². The van der Waals surface area contributed by atoms with E-state index < -0.39 is 6.09 Å². The van der Waals surface area contributed by atoms with Crippen molar-refractivity contribution in [2.45, 2.75) is 39.5 Å². The molecule has 1 atom stereocenters. The summed E-state index contributed by atoms with van der Waals surface area (Å²) in [5.41, 5.74) is 3.15. The van der Waals surface area contributed by atoms with Gasteiger partial charge in [0.2, 0.25) is 0 Å². The monoisotopic (exact) mass is 277 g/mol. The number of fused-ring (bicyclic) bond motifs is 1. The number of hydrogen-bond acceptors (Lipinski definition) is 2. The number of amides is 1. The van der Waals surface area contributed by atoms with Crippen molar-refractivity contribution in [1.29, 1.82) is 0 Å². The van der Waals surface area contributed by atoms with E-state index >= 15 is 0 Å². The highest BCUT2D eigenvalue weighted by Gasteiger charge is 2.26. The van der Waals surface area contributed by atoms with E-state index in [9.17, 15) is 15.0 Å². The van der Waals surface area contributed by atoms with Gasteiger partial charge in [0.05, 0.1) is 0 Å². The topological polar surface area (TPSA) is 60.8 Å². The van der Waals surface area contributed by atoms with Crippen molar-refractivity contribution in [1.82, 2.24) is 4.90 Å². The van der Waals surface area contributed by atoms with E-state index in [-0.39, 0.29) is 5.92 Å². The molecule has 4 heteroatoms. The first-order valence-corrected chi connectivity index (χ1v) is 7.18. The number of aromatic hydroxyl groups is 1. The van der Waals surface area contributed by atoms with E-state index in [4.69, 9.17) is 0 Å². The molecule has 0 aromatic heterocycles. The van der Waals surface area contributed by atoms with Gasteiger partial charge in [-0.1, -0.05) is 19.9 Å². The number of phenolic OH excluding ortho intramolecular Hbond substituents is 1. The molecular weight excluding hydrogens is 254 g/mol. The third-order valence-electron chi connectivity index (χ3n) is 4.02. The van der Waals surface area contributed by atoms with Crippen LogP contribution in [0.4, 0.5) is 4.79 Å². The van der Waals surface area contributed by atoms with Gasteiger partial charge in [-0.2, -0.15) is 0 Å². The molecule has 2 rings (SSSR count). The highest BCUT2D eigenvalue weighted by Crippen LogP contribution is 2.34. The maximum absolute atomic E-state index is 11.3. The van der Waals surface area contributed by atoms with Crippen LogP contribution in [0.5, 0.6) is 5.75 Å². The Bertz CT molecular complexity index is 511. The fourth-order valence-corrected chi connectivity index (χ4v) is 3.01. The lowest BCUT2D eigenvalue weighted by Gasteiger charge is -2.24. The predicted molar refractivity (Wildman–Crippen MR) is 78.3 cm³/mol. The second kappa shape index (κ2) is 5.73. The van der Waals surface area contributed by atoms with Crippen LogP contribution >= 0.6 is 0 Å². The van der Waals surface area contributed by atoms with Crippen LogP contribution in [0.3, 0.4) is 0 Å². The number of carboxylic acid groups (broad SMARTS) is 1. The van der Waals surface area contributed by atoms with Gasteiger partial charge in [0.25, 0.3) is 0 Å². The average Bonchev–Trinajstić information content (AvgIpc) is 2.50. The molecule has 2 N–H and O–H groups in total. The number of nitrogens with zero attached hydrogens (tertiary/aromatic N) is 1. The standard InChI is InChI=1S/C16H23NO3/c1-10(2)6-13-9-17(16(19)20)5-4-12-8-15(18)11(3)7-14(12)13/h7-8,10,13,18H,4-6,9H2,1-3H3,(H,19,20). The molecule has 1 heterocycles. The Morgan fingerprint density at radius 3 is 2.75 bits per heavy atom. The van der Waals surface area contributed by atoms with Gasteiger partial charge in [-0.15, -0.1) is 0 Å². The van der Waals surface area contributed by atoms with Crippen molar-refractivity contribution in [2.24, 2.45) is 5.92 Å². The highest BCUT2D eigenvalue weighted by molar-refractivity contribution is 5.65. The Balaban J connectivity index is 2.40. The predicted octanol–water partition coefficient (Wildman–Crippen LogP) is 3.37. The minimum absolute atomic E-state index is 0.211. The number of rotatable bonds is 2. The van der Waals surface area contributed by atoms with E-state index in [1.54, 1.807) is 0 Å². The van der Waals surface area contributed by atoms with Crippen molar-refractivity contribution >= 4 is 6.09 Å². The first kappa shape index (κ1) is 14.7.